The molecule has 3 amide bonds. The van der Waals surface area contributed by atoms with Crippen LogP contribution in [-0.4, -0.2) is 37.1 Å². The number of rotatable bonds is 9. The van der Waals surface area contributed by atoms with Crippen LogP contribution in [0.15, 0.2) is 77.9 Å². The zero-order chi connectivity index (χ0) is 25.0. The van der Waals surface area contributed by atoms with E-state index in [9.17, 15) is 14.4 Å². The lowest BCUT2D eigenvalue weighted by atomic mass is 10.1. The molecule has 0 bridgehead atoms. The van der Waals surface area contributed by atoms with E-state index in [-0.39, 0.29) is 12.5 Å². The van der Waals surface area contributed by atoms with Crippen LogP contribution in [0.2, 0.25) is 0 Å². The van der Waals surface area contributed by atoms with Gasteiger partial charge in [0.1, 0.15) is 5.75 Å². The van der Waals surface area contributed by atoms with Gasteiger partial charge in [0.2, 0.25) is 0 Å². The molecule has 0 heterocycles. The molecule has 0 spiro atoms. The lowest BCUT2D eigenvalue weighted by Crippen LogP contribution is -2.38. The van der Waals surface area contributed by atoms with Crippen LogP contribution in [0.3, 0.4) is 0 Å². The van der Waals surface area contributed by atoms with Gasteiger partial charge < -0.3 is 15.4 Å². The van der Waals surface area contributed by atoms with Crippen molar-refractivity contribution < 1.29 is 19.1 Å². The first-order chi connectivity index (χ1) is 16.9. The fourth-order valence-electron chi connectivity index (χ4n) is 3.19. The van der Waals surface area contributed by atoms with E-state index in [2.05, 4.69) is 21.2 Å². The van der Waals surface area contributed by atoms with Crippen molar-refractivity contribution in [3.63, 3.8) is 0 Å². The number of para-hydroxylation sites is 1. The number of aryl methyl sites for hydroxylation is 1. The minimum atomic E-state index is -0.874. The minimum absolute atomic E-state index is 0.200. The Bertz CT molecular complexity index is 1210. The number of benzene rings is 3. The van der Waals surface area contributed by atoms with Crippen molar-refractivity contribution in [2.75, 3.05) is 18.5 Å². The van der Waals surface area contributed by atoms with Crippen LogP contribution in [0.1, 0.15) is 22.3 Å². The second-order valence-corrected chi connectivity index (χ2v) is 7.81. The van der Waals surface area contributed by atoms with E-state index in [0.29, 0.717) is 24.3 Å². The Morgan fingerprint density at radius 2 is 1.63 bits per heavy atom. The number of hydrazone groups is 1. The van der Waals surface area contributed by atoms with Crippen LogP contribution in [0, 0.1) is 13.8 Å². The molecule has 0 aromatic heterocycles. The smallest absolute Gasteiger partial charge is 0.329 e. The molecule has 180 valence electrons. The zero-order valence-electron chi connectivity index (χ0n) is 19.7. The predicted molar refractivity (Wildman–Crippen MR) is 135 cm³/mol. The molecule has 0 aliphatic carbocycles. The summed E-state index contributed by atoms with van der Waals surface area (Å²) in [6.45, 7) is 4.05. The highest BCUT2D eigenvalue weighted by Crippen LogP contribution is 2.19. The van der Waals surface area contributed by atoms with E-state index < -0.39 is 11.8 Å². The van der Waals surface area contributed by atoms with Gasteiger partial charge in [-0.25, -0.2) is 5.43 Å². The molecular formula is C27H28N4O4. The standard InChI is InChI=1S/C27H28N4O4/c1-19-9-8-13-23(20(19)2)30-25(32)18-35-24-14-7-6-12-22(24)17-29-31-27(34)26(33)28-16-15-21-10-4-3-5-11-21/h3-14,17H,15-16,18H2,1-2H3,(H,28,33)(H,30,32)(H,31,34)/b29-17-. The van der Waals surface area contributed by atoms with Gasteiger partial charge in [-0.2, -0.15) is 5.10 Å². The largest absolute Gasteiger partial charge is 0.483 e. The first kappa shape index (κ1) is 25.2. The number of hydrogen-bond acceptors (Lipinski definition) is 5. The maximum absolute atomic E-state index is 12.3. The van der Waals surface area contributed by atoms with Gasteiger partial charge in [-0.1, -0.05) is 54.6 Å². The minimum Gasteiger partial charge on any atom is -0.483 e. The first-order valence-corrected chi connectivity index (χ1v) is 11.2. The Balaban J connectivity index is 1.47. The number of hydrogen-bond donors (Lipinski definition) is 3. The van der Waals surface area contributed by atoms with Gasteiger partial charge in [0.05, 0.1) is 6.21 Å². The molecule has 0 radical (unpaired) electrons. The van der Waals surface area contributed by atoms with E-state index >= 15 is 0 Å². The van der Waals surface area contributed by atoms with E-state index in [1.165, 1.54) is 6.21 Å². The Morgan fingerprint density at radius 3 is 2.43 bits per heavy atom. The molecule has 0 aliphatic rings. The number of nitrogens with zero attached hydrogens (tertiary/aromatic N) is 1. The summed E-state index contributed by atoms with van der Waals surface area (Å²) in [5.41, 5.74) is 6.61. The Hall–Kier alpha value is -4.46. The van der Waals surface area contributed by atoms with Gasteiger partial charge in [-0.15, -0.1) is 0 Å². The van der Waals surface area contributed by atoms with Crippen molar-refractivity contribution in [2.24, 2.45) is 5.10 Å². The lowest BCUT2D eigenvalue weighted by molar-refractivity contribution is -0.139. The topological polar surface area (TPSA) is 109 Å². The molecule has 0 saturated carbocycles. The summed E-state index contributed by atoms with van der Waals surface area (Å²) in [4.78, 5) is 36.3. The maximum Gasteiger partial charge on any atom is 0.329 e. The molecule has 0 unspecified atom stereocenters. The summed E-state index contributed by atoms with van der Waals surface area (Å²) in [7, 11) is 0. The summed E-state index contributed by atoms with van der Waals surface area (Å²) >= 11 is 0. The Kier molecular flexibility index (Phi) is 9.13. The highest BCUT2D eigenvalue weighted by Gasteiger charge is 2.12. The van der Waals surface area contributed by atoms with Gasteiger partial charge in [-0.3, -0.25) is 14.4 Å². The van der Waals surface area contributed by atoms with Crippen LogP contribution >= 0.6 is 0 Å². The molecule has 0 fully saturated rings. The fourth-order valence-corrected chi connectivity index (χ4v) is 3.19. The third kappa shape index (κ3) is 7.82. The summed E-state index contributed by atoms with van der Waals surface area (Å²) < 4.78 is 5.65. The number of carbonyl (C=O) groups is 3. The molecule has 0 atom stereocenters. The normalized spacial score (nSPS) is 10.6. The molecule has 8 nitrogen and oxygen atoms in total. The SMILES string of the molecule is Cc1cccc(NC(=O)COc2ccccc2/C=N\NC(=O)C(=O)NCCc2ccccc2)c1C. The van der Waals surface area contributed by atoms with Crippen molar-refractivity contribution in [2.45, 2.75) is 20.3 Å². The van der Waals surface area contributed by atoms with Crippen LogP contribution in [0.25, 0.3) is 0 Å². The zero-order valence-corrected chi connectivity index (χ0v) is 19.7. The van der Waals surface area contributed by atoms with Gasteiger partial charge in [-0.05, 0) is 55.2 Å². The van der Waals surface area contributed by atoms with Gasteiger partial charge in [0.15, 0.2) is 6.61 Å². The highest BCUT2D eigenvalue weighted by atomic mass is 16.5. The van der Waals surface area contributed by atoms with Crippen molar-refractivity contribution in [1.29, 1.82) is 0 Å². The molecule has 0 aliphatic heterocycles. The van der Waals surface area contributed by atoms with E-state index in [0.717, 1.165) is 22.4 Å². The fraction of sp³-hybridized carbons (Fsp3) is 0.185. The van der Waals surface area contributed by atoms with Crippen molar-refractivity contribution in [1.82, 2.24) is 10.7 Å². The average molecular weight is 473 g/mol. The quantitative estimate of drug-likeness (QED) is 0.253. The Labute approximate surface area is 204 Å². The third-order valence-electron chi connectivity index (χ3n) is 5.27. The van der Waals surface area contributed by atoms with E-state index in [1.807, 2.05) is 62.4 Å². The van der Waals surface area contributed by atoms with E-state index in [4.69, 9.17) is 4.74 Å². The number of ether oxygens (including phenoxy) is 1. The van der Waals surface area contributed by atoms with Crippen molar-refractivity contribution in [3.8, 4) is 5.75 Å². The third-order valence-corrected chi connectivity index (χ3v) is 5.27. The van der Waals surface area contributed by atoms with Crippen molar-refractivity contribution >= 4 is 29.6 Å². The molecule has 35 heavy (non-hydrogen) atoms. The lowest BCUT2D eigenvalue weighted by Gasteiger charge is -2.12. The first-order valence-electron chi connectivity index (χ1n) is 11.2. The summed E-state index contributed by atoms with van der Waals surface area (Å²) in [6.07, 6.45) is 1.97. The second-order valence-electron chi connectivity index (χ2n) is 7.81. The molecule has 8 heteroatoms. The van der Waals surface area contributed by atoms with Crippen molar-refractivity contribution in [3.05, 3.63) is 95.1 Å². The Morgan fingerprint density at radius 1 is 0.886 bits per heavy atom. The van der Waals surface area contributed by atoms with Gasteiger partial charge in [0.25, 0.3) is 5.91 Å². The number of anilines is 1. The monoisotopic (exact) mass is 472 g/mol. The van der Waals surface area contributed by atoms with Crippen LogP contribution in [0.5, 0.6) is 5.75 Å². The van der Waals surface area contributed by atoms with E-state index in [1.54, 1.807) is 24.3 Å². The molecule has 3 aromatic carbocycles. The van der Waals surface area contributed by atoms with Crippen LogP contribution in [0.4, 0.5) is 5.69 Å². The summed E-state index contributed by atoms with van der Waals surface area (Å²) in [6, 6.07) is 22.3. The average Bonchev–Trinajstić information content (AvgIpc) is 2.86. The molecule has 3 N–H and O–H groups in total. The predicted octanol–water partition coefficient (Wildman–Crippen LogP) is 3.13. The molecule has 0 saturated heterocycles. The van der Waals surface area contributed by atoms with Gasteiger partial charge in [0, 0.05) is 17.8 Å². The number of amides is 3. The maximum atomic E-state index is 12.3. The number of carbonyl (C=O) groups excluding carboxylic acids is 3. The molecule has 3 aromatic rings. The summed E-state index contributed by atoms with van der Waals surface area (Å²) in [5.74, 6) is -1.54. The molecule has 3 rings (SSSR count). The molecular weight excluding hydrogens is 444 g/mol. The van der Waals surface area contributed by atoms with Gasteiger partial charge >= 0.3 is 11.8 Å². The van der Waals surface area contributed by atoms with Crippen LogP contribution < -0.4 is 20.8 Å². The second kappa shape index (κ2) is 12.7. The van der Waals surface area contributed by atoms with Crippen LogP contribution in [-0.2, 0) is 20.8 Å². The number of nitrogens with one attached hydrogen (secondary N) is 3. The summed E-state index contributed by atoms with van der Waals surface area (Å²) in [5, 5.41) is 9.24. The highest BCUT2D eigenvalue weighted by molar-refractivity contribution is 6.35.